The summed E-state index contributed by atoms with van der Waals surface area (Å²) < 4.78 is 5.57. The first kappa shape index (κ1) is 18.6. The highest BCUT2D eigenvalue weighted by atomic mass is 35.5. The average molecular weight is 353 g/mol. The van der Waals surface area contributed by atoms with E-state index in [0.717, 1.165) is 25.7 Å². The standard InChI is InChI=1S/C18H25ClN2O3/c1-21(11-12-24-16-10-6-5-9-15(16)19)17(22)13-20-18(23)14-7-3-2-4-8-14/h5-6,9-10,14H,2-4,7-8,11-13H2,1H3,(H,20,23). The highest BCUT2D eigenvalue weighted by molar-refractivity contribution is 6.32. The van der Waals surface area contributed by atoms with Crippen molar-refractivity contribution >= 4 is 23.4 Å². The van der Waals surface area contributed by atoms with Crippen LogP contribution in [-0.2, 0) is 9.59 Å². The normalized spacial score (nSPS) is 14.9. The number of para-hydroxylation sites is 1. The van der Waals surface area contributed by atoms with E-state index >= 15 is 0 Å². The summed E-state index contributed by atoms with van der Waals surface area (Å²) in [5.74, 6) is 0.553. The maximum absolute atomic E-state index is 12.1. The molecule has 2 amide bonds. The number of nitrogens with zero attached hydrogens (tertiary/aromatic N) is 1. The van der Waals surface area contributed by atoms with Crippen LogP contribution in [0.4, 0.5) is 0 Å². The first-order chi connectivity index (χ1) is 11.6. The smallest absolute Gasteiger partial charge is 0.241 e. The van der Waals surface area contributed by atoms with Crippen molar-refractivity contribution in [2.75, 3.05) is 26.7 Å². The lowest BCUT2D eigenvalue weighted by Crippen LogP contribution is -2.42. The van der Waals surface area contributed by atoms with Gasteiger partial charge in [-0.15, -0.1) is 0 Å². The summed E-state index contributed by atoms with van der Waals surface area (Å²) in [6, 6.07) is 7.22. The van der Waals surface area contributed by atoms with Crippen LogP contribution in [0.15, 0.2) is 24.3 Å². The Kier molecular flexibility index (Phi) is 7.37. The van der Waals surface area contributed by atoms with Gasteiger partial charge >= 0.3 is 0 Å². The van der Waals surface area contributed by atoms with Crippen molar-refractivity contribution in [3.8, 4) is 5.75 Å². The maximum Gasteiger partial charge on any atom is 0.241 e. The van der Waals surface area contributed by atoms with Crippen molar-refractivity contribution in [3.63, 3.8) is 0 Å². The molecule has 1 aliphatic carbocycles. The Morgan fingerprint density at radius 2 is 1.96 bits per heavy atom. The molecule has 0 bridgehead atoms. The predicted octanol–water partition coefficient (Wildman–Crippen LogP) is 2.87. The zero-order valence-electron chi connectivity index (χ0n) is 14.1. The first-order valence-electron chi connectivity index (χ1n) is 8.47. The van der Waals surface area contributed by atoms with Crippen LogP contribution < -0.4 is 10.1 Å². The molecule has 0 saturated heterocycles. The summed E-state index contributed by atoms with van der Waals surface area (Å²) in [5, 5.41) is 3.31. The fraction of sp³-hybridized carbons (Fsp3) is 0.556. The topological polar surface area (TPSA) is 58.6 Å². The largest absolute Gasteiger partial charge is 0.490 e. The fourth-order valence-corrected chi connectivity index (χ4v) is 2.98. The van der Waals surface area contributed by atoms with Gasteiger partial charge in [0.1, 0.15) is 12.4 Å². The van der Waals surface area contributed by atoms with Crippen molar-refractivity contribution in [2.45, 2.75) is 32.1 Å². The second kappa shape index (κ2) is 9.52. The van der Waals surface area contributed by atoms with Gasteiger partial charge in [0.05, 0.1) is 18.1 Å². The molecule has 0 aliphatic heterocycles. The zero-order chi connectivity index (χ0) is 17.4. The Hall–Kier alpha value is -1.75. The van der Waals surface area contributed by atoms with E-state index in [4.69, 9.17) is 16.3 Å². The van der Waals surface area contributed by atoms with E-state index in [1.165, 1.54) is 6.42 Å². The fourth-order valence-electron chi connectivity index (χ4n) is 2.79. The van der Waals surface area contributed by atoms with Crippen LogP contribution in [0.2, 0.25) is 5.02 Å². The van der Waals surface area contributed by atoms with Gasteiger partial charge in [0.15, 0.2) is 0 Å². The Bertz CT molecular complexity index is 559. The molecule has 1 saturated carbocycles. The molecule has 0 radical (unpaired) electrons. The summed E-state index contributed by atoms with van der Waals surface area (Å²) in [6.45, 7) is 0.823. The number of amides is 2. The van der Waals surface area contributed by atoms with E-state index in [9.17, 15) is 9.59 Å². The van der Waals surface area contributed by atoms with E-state index in [1.807, 2.05) is 12.1 Å². The molecule has 5 nitrogen and oxygen atoms in total. The third-order valence-corrected chi connectivity index (χ3v) is 4.65. The van der Waals surface area contributed by atoms with Gasteiger partial charge in [-0.05, 0) is 25.0 Å². The molecule has 6 heteroatoms. The molecule has 1 N–H and O–H groups in total. The van der Waals surface area contributed by atoms with E-state index < -0.39 is 0 Å². The van der Waals surface area contributed by atoms with Crippen molar-refractivity contribution < 1.29 is 14.3 Å². The van der Waals surface area contributed by atoms with Gasteiger partial charge < -0.3 is 15.0 Å². The quantitative estimate of drug-likeness (QED) is 0.820. The Morgan fingerprint density at radius 1 is 1.25 bits per heavy atom. The minimum Gasteiger partial charge on any atom is -0.490 e. The average Bonchev–Trinajstić information content (AvgIpc) is 2.61. The highest BCUT2D eigenvalue weighted by Gasteiger charge is 2.21. The van der Waals surface area contributed by atoms with Crippen LogP contribution in [0.25, 0.3) is 0 Å². The number of hydrogen-bond donors (Lipinski definition) is 1. The van der Waals surface area contributed by atoms with Gasteiger partial charge in [0.2, 0.25) is 11.8 Å². The SMILES string of the molecule is CN(CCOc1ccccc1Cl)C(=O)CNC(=O)C1CCCCC1. The van der Waals surface area contributed by atoms with Gasteiger partial charge in [-0.25, -0.2) is 0 Å². The number of benzene rings is 1. The number of likely N-dealkylation sites (N-methyl/N-ethyl adjacent to an activating group) is 1. The number of carbonyl (C=O) groups excluding carboxylic acids is 2. The molecule has 0 spiro atoms. The third-order valence-electron chi connectivity index (χ3n) is 4.34. The van der Waals surface area contributed by atoms with Crippen LogP contribution in [0.1, 0.15) is 32.1 Å². The molecule has 1 aliphatic rings. The molecule has 132 valence electrons. The third kappa shape index (κ3) is 5.71. The van der Waals surface area contributed by atoms with Gasteiger partial charge in [-0.2, -0.15) is 0 Å². The molecule has 1 aromatic rings. The molecule has 1 fully saturated rings. The minimum absolute atomic E-state index is 0.00349. The number of carbonyl (C=O) groups is 2. The highest BCUT2D eigenvalue weighted by Crippen LogP contribution is 2.24. The number of nitrogens with one attached hydrogen (secondary N) is 1. The molecule has 2 rings (SSSR count). The van der Waals surface area contributed by atoms with Crippen molar-refractivity contribution in [2.24, 2.45) is 5.92 Å². The molecule has 1 aromatic carbocycles. The van der Waals surface area contributed by atoms with E-state index in [2.05, 4.69) is 5.32 Å². The second-order valence-corrected chi connectivity index (χ2v) is 6.55. The molecular formula is C18H25ClN2O3. The van der Waals surface area contributed by atoms with Crippen molar-refractivity contribution in [1.29, 1.82) is 0 Å². The van der Waals surface area contributed by atoms with Crippen LogP contribution in [0.3, 0.4) is 0 Å². The van der Waals surface area contributed by atoms with E-state index in [-0.39, 0.29) is 24.3 Å². The van der Waals surface area contributed by atoms with Crippen molar-refractivity contribution in [3.05, 3.63) is 29.3 Å². The van der Waals surface area contributed by atoms with Gasteiger partial charge in [-0.3, -0.25) is 9.59 Å². The molecular weight excluding hydrogens is 328 g/mol. The zero-order valence-corrected chi connectivity index (χ0v) is 14.8. The van der Waals surface area contributed by atoms with E-state index in [0.29, 0.717) is 23.9 Å². The molecule has 0 heterocycles. The summed E-state index contributed by atoms with van der Waals surface area (Å²) in [6.07, 6.45) is 5.27. The summed E-state index contributed by atoms with van der Waals surface area (Å²) in [5.41, 5.74) is 0. The predicted molar refractivity (Wildman–Crippen MR) is 94.2 cm³/mol. The molecule has 24 heavy (non-hydrogen) atoms. The number of halogens is 1. The first-order valence-corrected chi connectivity index (χ1v) is 8.84. The van der Waals surface area contributed by atoms with E-state index in [1.54, 1.807) is 24.1 Å². The van der Waals surface area contributed by atoms with Crippen LogP contribution in [0, 0.1) is 5.92 Å². The lowest BCUT2D eigenvalue weighted by atomic mass is 9.89. The summed E-state index contributed by atoms with van der Waals surface area (Å²) in [7, 11) is 1.70. The lowest BCUT2D eigenvalue weighted by Gasteiger charge is -2.22. The van der Waals surface area contributed by atoms with Gasteiger partial charge in [-0.1, -0.05) is 43.0 Å². The van der Waals surface area contributed by atoms with Gasteiger partial charge in [0, 0.05) is 13.0 Å². The Morgan fingerprint density at radius 3 is 2.67 bits per heavy atom. The molecule has 0 aromatic heterocycles. The maximum atomic E-state index is 12.1. The number of hydrogen-bond acceptors (Lipinski definition) is 3. The second-order valence-electron chi connectivity index (χ2n) is 6.15. The Labute approximate surface area is 148 Å². The summed E-state index contributed by atoms with van der Waals surface area (Å²) >= 11 is 6.01. The molecule has 0 atom stereocenters. The monoisotopic (exact) mass is 352 g/mol. The number of rotatable bonds is 7. The van der Waals surface area contributed by atoms with Crippen LogP contribution in [0.5, 0.6) is 5.75 Å². The lowest BCUT2D eigenvalue weighted by molar-refractivity contribution is -0.133. The summed E-state index contributed by atoms with van der Waals surface area (Å²) in [4.78, 5) is 25.7. The minimum atomic E-state index is -0.123. The van der Waals surface area contributed by atoms with Crippen LogP contribution in [-0.4, -0.2) is 43.5 Å². The van der Waals surface area contributed by atoms with Crippen LogP contribution >= 0.6 is 11.6 Å². The van der Waals surface area contributed by atoms with Crippen molar-refractivity contribution in [1.82, 2.24) is 10.2 Å². The van der Waals surface area contributed by atoms with Gasteiger partial charge in [0.25, 0.3) is 0 Å². The number of ether oxygens (including phenoxy) is 1. The Balaban J connectivity index is 1.66. The molecule has 0 unspecified atom stereocenters.